The average molecular weight is 277 g/mol. The van der Waals surface area contributed by atoms with Crippen molar-refractivity contribution in [2.24, 2.45) is 0 Å². The summed E-state index contributed by atoms with van der Waals surface area (Å²) in [5, 5.41) is 3.40. The number of nitrogens with one attached hydrogen (secondary N) is 1. The SMILES string of the molecule is CN(C)CC(=O)N1CCN(C2CCNC2)CC1.Cl. The maximum Gasteiger partial charge on any atom is 0.236 e. The van der Waals surface area contributed by atoms with Crippen molar-refractivity contribution < 1.29 is 4.79 Å². The molecule has 1 unspecified atom stereocenters. The lowest BCUT2D eigenvalue weighted by Crippen LogP contribution is -2.53. The summed E-state index contributed by atoms with van der Waals surface area (Å²) in [6.45, 7) is 6.64. The van der Waals surface area contributed by atoms with Gasteiger partial charge in [-0.3, -0.25) is 9.69 Å². The van der Waals surface area contributed by atoms with Gasteiger partial charge in [-0.1, -0.05) is 0 Å². The fourth-order valence-corrected chi connectivity index (χ4v) is 2.66. The summed E-state index contributed by atoms with van der Waals surface area (Å²) in [6.07, 6.45) is 1.26. The van der Waals surface area contributed by atoms with E-state index < -0.39 is 0 Å². The highest BCUT2D eigenvalue weighted by Crippen LogP contribution is 2.12. The number of likely N-dealkylation sites (N-methyl/N-ethyl adjacent to an activating group) is 1. The summed E-state index contributed by atoms with van der Waals surface area (Å²) in [7, 11) is 3.89. The van der Waals surface area contributed by atoms with Crippen LogP contribution in [0, 0.1) is 0 Å². The van der Waals surface area contributed by atoms with Gasteiger partial charge in [-0.05, 0) is 27.1 Å². The average Bonchev–Trinajstić information content (AvgIpc) is 2.82. The molecule has 0 aliphatic carbocycles. The first-order chi connectivity index (χ1) is 8.16. The van der Waals surface area contributed by atoms with Crippen molar-refractivity contribution in [3.63, 3.8) is 0 Å². The lowest BCUT2D eigenvalue weighted by Gasteiger charge is -2.38. The molecule has 6 heteroatoms. The number of carbonyl (C=O) groups excluding carboxylic acids is 1. The first-order valence-corrected chi connectivity index (χ1v) is 6.54. The summed E-state index contributed by atoms with van der Waals surface area (Å²) in [5.74, 6) is 0.263. The van der Waals surface area contributed by atoms with Gasteiger partial charge in [-0.2, -0.15) is 0 Å². The molecule has 1 amide bonds. The molecule has 1 atom stereocenters. The Bertz CT molecular complexity index is 261. The molecule has 2 heterocycles. The van der Waals surface area contributed by atoms with E-state index in [1.165, 1.54) is 6.42 Å². The van der Waals surface area contributed by atoms with E-state index in [0.29, 0.717) is 12.6 Å². The number of amides is 1. The second-order valence-electron chi connectivity index (χ2n) is 5.30. The van der Waals surface area contributed by atoms with E-state index in [1.807, 2.05) is 23.9 Å². The van der Waals surface area contributed by atoms with Crippen molar-refractivity contribution in [3.8, 4) is 0 Å². The Morgan fingerprint density at radius 3 is 2.44 bits per heavy atom. The van der Waals surface area contributed by atoms with Gasteiger partial charge < -0.3 is 15.1 Å². The quantitative estimate of drug-likeness (QED) is 0.753. The molecular formula is C12H25ClN4O. The minimum atomic E-state index is 0. The maximum absolute atomic E-state index is 11.9. The maximum atomic E-state index is 11.9. The first kappa shape index (κ1) is 15.7. The number of piperazine rings is 1. The molecule has 2 rings (SSSR count). The molecule has 0 saturated carbocycles. The zero-order valence-corrected chi connectivity index (χ0v) is 12.2. The Hall–Kier alpha value is -0.360. The van der Waals surface area contributed by atoms with Crippen molar-refractivity contribution in [3.05, 3.63) is 0 Å². The van der Waals surface area contributed by atoms with E-state index in [9.17, 15) is 4.79 Å². The van der Waals surface area contributed by atoms with Crippen molar-refractivity contribution in [2.75, 3.05) is 59.9 Å². The summed E-state index contributed by atoms with van der Waals surface area (Å²) in [6, 6.07) is 0.695. The van der Waals surface area contributed by atoms with Crippen LogP contribution in [0.3, 0.4) is 0 Å². The summed E-state index contributed by atoms with van der Waals surface area (Å²) in [4.78, 5) is 18.4. The monoisotopic (exact) mass is 276 g/mol. The van der Waals surface area contributed by atoms with Gasteiger partial charge in [0.1, 0.15) is 0 Å². The van der Waals surface area contributed by atoms with Crippen LogP contribution in [0.25, 0.3) is 0 Å². The Labute approximate surface area is 116 Å². The van der Waals surface area contributed by atoms with Crippen LogP contribution in [-0.2, 0) is 4.79 Å². The Kier molecular flexibility index (Phi) is 6.35. The van der Waals surface area contributed by atoms with Gasteiger partial charge in [0.25, 0.3) is 0 Å². The Morgan fingerprint density at radius 2 is 1.94 bits per heavy atom. The van der Waals surface area contributed by atoms with Gasteiger partial charge in [0.15, 0.2) is 0 Å². The second kappa shape index (κ2) is 7.28. The van der Waals surface area contributed by atoms with E-state index >= 15 is 0 Å². The van der Waals surface area contributed by atoms with E-state index in [1.54, 1.807) is 0 Å². The molecule has 0 bridgehead atoms. The molecule has 0 aromatic heterocycles. The molecule has 5 nitrogen and oxygen atoms in total. The minimum Gasteiger partial charge on any atom is -0.339 e. The summed E-state index contributed by atoms with van der Waals surface area (Å²) < 4.78 is 0. The van der Waals surface area contributed by atoms with Crippen LogP contribution >= 0.6 is 12.4 Å². The van der Waals surface area contributed by atoms with Gasteiger partial charge >= 0.3 is 0 Å². The zero-order chi connectivity index (χ0) is 12.3. The first-order valence-electron chi connectivity index (χ1n) is 6.54. The highest BCUT2D eigenvalue weighted by atomic mass is 35.5. The van der Waals surface area contributed by atoms with Crippen LogP contribution in [0.1, 0.15) is 6.42 Å². The largest absolute Gasteiger partial charge is 0.339 e. The number of rotatable bonds is 3. The van der Waals surface area contributed by atoms with Crippen LogP contribution in [-0.4, -0.2) is 86.6 Å². The van der Waals surface area contributed by atoms with Gasteiger partial charge in [0.2, 0.25) is 5.91 Å². The van der Waals surface area contributed by atoms with E-state index in [4.69, 9.17) is 0 Å². The van der Waals surface area contributed by atoms with Crippen molar-refractivity contribution in [1.82, 2.24) is 20.0 Å². The van der Waals surface area contributed by atoms with E-state index in [0.717, 1.165) is 39.3 Å². The molecule has 0 spiro atoms. The molecule has 0 radical (unpaired) electrons. The highest BCUT2D eigenvalue weighted by molar-refractivity contribution is 5.85. The standard InChI is InChI=1S/C12H24N4O.ClH/c1-14(2)10-12(17)16-7-5-15(6-8-16)11-3-4-13-9-11;/h11,13H,3-10H2,1-2H3;1H. The van der Waals surface area contributed by atoms with Gasteiger partial charge in [0.05, 0.1) is 6.54 Å². The molecular weight excluding hydrogens is 252 g/mol. The van der Waals surface area contributed by atoms with Crippen LogP contribution in [0.5, 0.6) is 0 Å². The summed E-state index contributed by atoms with van der Waals surface area (Å²) >= 11 is 0. The predicted octanol–water partition coefficient (Wildman–Crippen LogP) is -0.524. The molecule has 1 N–H and O–H groups in total. The van der Waals surface area contributed by atoms with E-state index in [2.05, 4.69) is 10.2 Å². The van der Waals surface area contributed by atoms with Crippen molar-refractivity contribution >= 4 is 18.3 Å². The predicted molar refractivity (Wildman–Crippen MR) is 75.2 cm³/mol. The number of hydrogen-bond acceptors (Lipinski definition) is 4. The minimum absolute atomic E-state index is 0. The number of hydrogen-bond donors (Lipinski definition) is 1. The van der Waals surface area contributed by atoms with Gasteiger partial charge in [-0.15, -0.1) is 12.4 Å². The molecule has 2 aliphatic rings. The van der Waals surface area contributed by atoms with Gasteiger partial charge in [-0.25, -0.2) is 0 Å². The third-order valence-electron chi connectivity index (χ3n) is 3.67. The third kappa shape index (κ3) is 4.09. The lowest BCUT2D eigenvalue weighted by atomic mass is 10.2. The lowest BCUT2D eigenvalue weighted by molar-refractivity contribution is -0.133. The molecule has 2 saturated heterocycles. The number of carbonyl (C=O) groups is 1. The number of halogens is 1. The molecule has 0 aromatic carbocycles. The molecule has 2 fully saturated rings. The third-order valence-corrected chi connectivity index (χ3v) is 3.67. The van der Waals surface area contributed by atoms with Crippen LogP contribution in [0.4, 0.5) is 0 Å². The normalized spacial score (nSPS) is 25.3. The molecule has 18 heavy (non-hydrogen) atoms. The van der Waals surface area contributed by atoms with Crippen molar-refractivity contribution in [2.45, 2.75) is 12.5 Å². The van der Waals surface area contributed by atoms with Crippen LogP contribution in [0.2, 0.25) is 0 Å². The highest BCUT2D eigenvalue weighted by Gasteiger charge is 2.27. The van der Waals surface area contributed by atoms with Gasteiger partial charge in [0, 0.05) is 38.8 Å². The molecule has 2 aliphatic heterocycles. The Balaban J connectivity index is 0.00000162. The fraction of sp³-hybridized carbons (Fsp3) is 0.917. The topological polar surface area (TPSA) is 38.8 Å². The smallest absolute Gasteiger partial charge is 0.236 e. The van der Waals surface area contributed by atoms with Crippen LogP contribution < -0.4 is 5.32 Å². The Morgan fingerprint density at radius 1 is 1.28 bits per heavy atom. The fourth-order valence-electron chi connectivity index (χ4n) is 2.66. The zero-order valence-electron chi connectivity index (χ0n) is 11.4. The van der Waals surface area contributed by atoms with E-state index in [-0.39, 0.29) is 18.3 Å². The van der Waals surface area contributed by atoms with Crippen molar-refractivity contribution in [1.29, 1.82) is 0 Å². The second-order valence-corrected chi connectivity index (χ2v) is 5.30. The number of nitrogens with zero attached hydrogens (tertiary/aromatic N) is 3. The molecule has 0 aromatic rings. The van der Waals surface area contributed by atoms with Crippen LogP contribution in [0.15, 0.2) is 0 Å². The molecule has 106 valence electrons. The summed E-state index contributed by atoms with van der Waals surface area (Å²) in [5.41, 5.74) is 0.